The molecule has 1 saturated carbocycles. The van der Waals surface area contributed by atoms with E-state index in [1.165, 1.54) is 24.8 Å². The molecule has 2 saturated heterocycles. The zero-order chi connectivity index (χ0) is 88.1. The number of nitrogens with zero attached hydrogens (tertiary/aromatic N) is 1. The number of amides is 1. The number of aliphatic hydroxyl groups excluding tert-OH is 2. The molecule has 3 aliphatic heterocycles. The summed E-state index contributed by atoms with van der Waals surface area (Å²) in [5.74, 6) is 104. The molecule has 6 N–H and O–H groups in total. The lowest BCUT2D eigenvalue weighted by atomic mass is 9.81. The van der Waals surface area contributed by atoms with E-state index in [-0.39, 0.29) is 99.5 Å². The molecule has 26 heteroatoms. The molecule has 3 fully saturated rings. The Morgan fingerprint density at radius 1 is 0.575 bits per heavy atom. The maximum absolute atomic E-state index is 14.4. The molecule has 0 spiro atoms. The van der Waals surface area contributed by atoms with Gasteiger partial charge in [0.05, 0.1) is 30.5 Å². The number of carbonyl (C=O) groups is 4. The van der Waals surface area contributed by atoms with Crippen LogP contribution in [0.2, 0.25) is 0 Å². The first-order valence-electron chi connectivity index (χ1n) is 36.2. The average molecular weight is 1690 g/mol. The van der Waals surface area contributed by atoms with Crippen LogP contribution in [-0.4, -0.2) is 137 Å². The van der Waals surface area contributed by atoms with Crippen molar-refractivity contribution in [1.82, 2.24) is 10.5 Å². The van der Waals surface area contributed by atoms with Crippen molar-refractivity contribution in [2.45, 2.75) is 181 Å². The Hall–Kier alpha value is -13.4. The third-order valence-electron chi connectivity index (χ3n) is 16.5. The molecular formula is C94H152N2O24. The van der Waals surface area contributed by atoms with E-state index in [4.69, 9.17) is 40.6 Å². The number of terminal acetylenes is 1. The Morgan fingerprint density at radius 2 is 1.00 bits per heavy atom. The summed E-state index contributed by atoms with van der Waals surface area (Å²) in [5, 5.41) is 75.2. The molecule has 4 rings (SSSR count). The van der Waals surface area contributed by atoms with Gasteiger partial charge in [-0.1, -0.05) is 80.4 Å². The number of ketones is 2. The highest BCUT2D eigenvalue weighted by Gasteiger charge is 2.57. The van der Waals surface area contributed by atoms with Gasteiger partial charge in [-0.2, -0.15) is 0 Å². The summed E-state index contributed by atoms with van der Waals surface area (Å²) in [7, 11) is 4.64. The summed E-state index contributed by atoms with van der Waals surface area (Å²) in [5.41, 5.74) is 3.02. The Labute approximate surface area is 753 Å². The van der Waals surface area contributed by atoms with E-state index in [0.717, 1.165) is 5.57 Å². The lowest BCUT2D eigenvalue weighted by molar-refractivity contribution is -0.792. The van der Waals surface area contributed by atoms with Crippen LogP contribution >= 0.6 is 0 Å². The number of nitrogens with one attached hydrogen (secondary N) is 1. The van der Waals surface area contributed by atoms with Crippen LogP contribution in [0, 0.1) is 308 Å². The number of Topliss-reactive ketones (excluding diaryl/α,β-unsaturated/α-hetero) is 2. The number of hydrogen-bond acceptors (Lipinski definition) is 25. The fourth-order valence-corrected chi connectivity index (χ4v) is 11.2. The number of ether oxygens (including phenoxy) is 5. The second-order valence-electron chi connectivity index (χ2n) is 25.2. The van der Waals surface area contributed by atoms with Gasteiger partial charge in [-0.3, -0.25) is 14.4 Å². The van der Waals surface area contributed by atoms with E-state index in [9.17, 15) is 34.5 Å². The fourth-order valence-electron chi connectivity index (χ4n) is 11.2. The highest BCUT2D eigenvalue weighted by molar-refractivity contribution is 6.39. The van der Waals surface area contributed by atoms with Crippen molar-refractivity contribution < 1.29 is 169 Å². The van der Waals surface area contributed by atoms with E-state index in [1.807, 2.05) is 32.1 Å². The summed E-state index contributed by atoms with van der Waals surface area (Å²) < 4.78 is 29.9. The minimum Gasteiger partial charge on any atom is -0.456 e. The van der Waals surface area contributed by atoms with Gasteiger partial charge < -0.3 is 43.9 Å². The number of hydrogen-bond donors (Lipinski definition) is 6. The van der Waals surface area contributed by atoms with Crippen LogP contribution < -0.4 is 5.64 Å². The Balaban J connectivity index is -0.0000000444. The molecule has 1 aliphatic carbocycles. The largest absolute Gasteiger partial charge is 0.456 e. The van der Waals surface area contributed by atoms with Crippen molar-refractivity contribution in [1.29, 1.82) is 0 Å². The highest BCUT2D eigenvalue weighted by Crippen LogP contribution is 2.39. The molecular weight excluding hydrogens is 1540 g/mol. The molecule has 0 aromatic rings. The number of cyclic esters (lactones) is 1. The van der Waals surface area contributed by atoms with Gasteiger partial charge in [-0.15, -0.1) is 6.42 Å². The molecule has 0 aromatic carbocycles. The van der Waals surface area contributed by atoms with Crippen molar-refractivity contribution in [3.8, 4) is 273 Å². The summed E-state index contributed by atoms with van der Waals surface area (Å²) >= 11 is 0. The second-order valence-corrected chi connectivity index (χ2v) is 25.2. The van der Waals surface area contributed by atoms with Gasteiger partial charge in [0.25, 0.3) is 11.7 Å². The van der Waals surface area contributed by atoms with Gasteiger partial charge in [0.2, 0.25) is 5.79 Å². The minimum atomic E-state index is -2.51. The van der Waals surface area contributed by atoms with E-state index < -0.39 is 83.9 Å². The number of fused-ring (bicyclic) bond motifs is 3. The third-order valence-corrected chi connectivity index (χ3v) is 16.5. The first-order valence-corrected chi connectivity index (χ1v) is 36.2. The van der Waals surface area contributed by atoms with Gasteiger partial charge in [0.1, 0.15) is 24.0 Å². The predicted octanol–water partition coefficient (Wildman–Crippen LogP) is 13.8. The smallest absolute Gasteiger partial charge is 0.329 e. The fraction of sp³-hybridized carbons (Fsp3) is 0.404. The second kappa shape index (κ2) is 65.7. The van der Waals surface area contributed by atoms with Crippen molar-refractivity contribution in [3.05, 3.63) is 35.5 Å². The van der Waals surface area contributed by atoms with E-state index >= 15 is 0 Å². The van der Waals surface area contributed by atoms with Crippen molar-refractivity contribution in [2.24, 2.45) is 35.5 Å². The van der Waals surface area contributed by atoms with Crippen molar-refractivity contribution >= 4 is 23.4 Å². The van der Waals surface area contributed by atoms with E-state index in [2.05, 4.69) is 344 Å². The molecule has 682 valence electrons. The SMILES string of the molecule is C#CC#CC#CC#CC#CC#CC#CC#CC#CC#CC#CC#CC#CC#CC#CC#CC#CC#CC#CC#CC#CC#CC#CC.CO[C@H]1C[C@@H](C)C/C(C)=C/[C@@H](C/C=C/C(C)C)C(=O)C[C@H](O)[C@@H](C)[C@@H](/C(C)=C/[C@@H]2CC[C@@H](O)[C@H](OC)C2)OC(=O)[C@@H]2CCCCN2C(=O)C(=O)[C@]2(O)O[C@H]1[C@@H](OC)C[C@H]2C.OOOOOONOOOOOO.[HH].[HH].[HH].[HH].[HH].[HH].[HH].[HH].[HH].[HH].[HH].[HH].[HH].[HH].[HH].[HH].[HH].[HH].[HH].[HH].[HH].[HH].[HH].[HH].[HH].[HH].[HH].[HH].[HH].[HH].[HH].[HH].[HH].[HH].[HH]. The van der Waals surface area contributed by atoms with Gasteiger partial charge >= 0.3 is 5.97 Å². The number of rotatable bonds is 18. The Bertz CT molecular complexity index is 5340. The number of piperidine rings is 1. The number of allylic oxidation sites excluding steroid dienone is 5. The summed E-state index contributed by atoms with van der Waals surface area (Å²) in [6.07, 6.45) is 12.5. The first-order chi connectivity index (χ1) is 58.2. The first kappa shape index (κ1) is 103. The molecule has 2 bridgehead atoms. The number of esters is 1. The van der Waals surface area contributed by atoms with Gasteiger partial charge in [-0.25, -0.2) is 15.3 Å². The van der Waals surface area contributed by atoms with Gasteiger partial charge in [0, 0.05) is 268 Å². The molecule has 26 nitrogen and oxygen atoms in total. The van der Waals surface area contributed by atoms with Crippen LogP contribution in [0.5, 0.6) is 0 Å². The number of methoxy groups -OCH3 is 3. The lowest BCUT2D eigenvalue weighted by Crippen LogP contribution is -2.64. The summed E-state index contributed by atoms with van der Waals surface area (Å²) in [6, 6.07) is -1.14. The zero-order valence-electron chi connectivity index (χ0n) is 67.4. The normalized spacial score (nSPS) is 22.6. The average Bonchev–Trinajstić information content (AvgIpc) is 0.833. The maximum Gasteiger partial charge on any atom is 0.329 e. The number of carbonyl (C=O) groups excluding carboxylic acids is 4. The topological polar surface area (TPSA) is 323 Å². The molecule has 0 aromatic heterocycles. The maximum atomic E-state index is 14.4. The molecule has 4 aliphatic rings. The minimum absolute atomic E-state index is 0. The van der Waals surface area contributed by atoms with Crippen LogP contribution in [-0.2, 0) is 93.1 Å². The standard InChI is InChI=1S/C47H75NO12.C47H4.H3NO12.35H2/c1-27(2)14-13-15-34-21-28(3)20-29(4)22-40(57-9)43-41(58-10)24-31(6)47(55,60-43)44(52)45(53)48-19-12-11-16-35(48)46(54)59-42(32(7)37(50)26-38(34)51)30(5)23-33-17-18-36(49)39(25-33)56-8;1-3-5-7-9-11-13-15-17-19-21-23-25-27-29-31-33-35-37-39-41-43-45-47-46-44-42-40-38-36-34-32-30-28-26-24-22-20-18-16-14-12-10-8-6-4-2;2-6-10-12-8-4-1-5-9-13-11-7-3;;;;;;;;;;;;;;;;;;;;;;;;;;;;;;;;;;;/h13-14,21,23,27,29,31-37,39-43,49-50,55H,11-12,15-20,22,24-26H2,1-10H3;1H,2H3;1-3H;35*1H/b14-13+,28-21+,30-23+;;;;;;;;;;;;;;;;;;;;;;;;;;;;;;;;;;;;;/t29-,31+,32+,33-,34+,35-,36+,37-,39+,40-,41-,42+,43+,47+;;;;;;;;;;;;;;;;;;;;;;;;;;;;;;;;;;;;;/m0...................................../s1. The summed E-state index contributed by atoms with van der Waals surface area (Å²) in [4.78, 5) is 65.6. The van der Waals surface area contributed by atoms with Gasteiger partial charge in [0.15, 0.2) is 0 Å². The van der Waals surface area contributed by atoms with Crippen LogP contribution in [0.1, 0.15) is 176 Å². The van der Waals surface area contributed by atoms with Crippen LogP contribution in [0.4, 0.5) is 0 Å². The third kappa shape index (κ3) is 45.2. The molecule has 14 atom stereocenters. The molecule has 120 heavy (non-hydrogen) atoms. The zero-order valence-corrected chi connectivity index (χ0v) is 67.4. The van der Waals surface area contributed by atoms with Gasteiger partial charge in [-0.05, 0) is 249 Å². The Kier molecular flexibility index (Phi) is 56.2. The summed E-state index contributed by atoms with van der Waals surface area (Å²) in [6.45, 7) is 15.2. The van der Waals surface area contributed by atoms with Crippen LogP contribution in [0.25, 0.3) is 0 Å². The van der Waals surface area contributed by atoms with Crippen molar-refractivity contribution in [3.63, 3.8) is 0 Å². The molecule has 3 heterocycles. The quantitative estimate of drug-likeness (QED) is 0.0141. The van der Waals surface area contributed by atoms with E-state index in [1.54, 1.807) is 27.9 Å². The van der Waals surface area contributed by atoms with Crippen molar-refractivity contribution in [2.75, 3.05) is 27.9 Å². The van der Waals surface area contributed by atoms with E-state index in [0.29, 0.717) is 62.9 Å². The highest BCUT2D eigenvalue weighted by atomic mass is 17.9. The lowest BCUT2D eigenvalue weighted by Gasteiger charge is -2.47. The molecule has 0 unspecified atom stereocenters. The van der Waals surface area contributed by atoms with Crippen LogP contribution in [0.3, 0.4) is 0 Å². The Morgan fingerprint density at radius 3 is 1.41 bits per heavy atom. The number of aliphatic hydroxyl groups is 3. The molecule has 1 amide bonds. The molecule has 0 radical (unpaired) electrons. The predicted molar refractivity (Wildman–Crippen MR) is 505 cm³/mol. The monoisotopic (exact) mass is 1690 g/mol. The van der Waals surface area contributed by atoms with Crippen LogP contribution in [0.15, 0.2) is 35.5 Å².